The maximum atomic E-state index is 12.7. The minimum Gasteiger partial charge on any atom is -0.356 e. The number of nitrogens with one attached hydrogen (secondary N) is 2. The van der Waals surface area contributed by atoms with Crippen LogP contribution in [0.2, 0.25) is 0 Å². The number of thiophene rings is 1. The van der Waals surface area contributed by atoms with E-state index in [1.165, 1.54) is 28.7 Å². The molecular weight excluding hydrogens is 438 g/mol. The van der Waals surface area contributed by atoms with Crippen molar-refractivity contribution in [1.82, 2.24) is 25.1 Å². The molecule has 0 saturated carbocycles. The molecule has 0 unspecified atom stereocenters. The van der Waals surface area contributed by atoms with Crippen molar-refractivity contribution in [3.8, 4) is 0 Å². The molecule has 2 aromatic heterocycles. The number of fused-ring (bicyclic) bond motifs is 1. The average Bonchev–Trinajstić information content (AvgIpc) is 3.04. The Morgan fingerprint density at radius 1 is 1.09 bits per heavy atom. The second-order valence-corrected chi connectivity index (χ2v) is 10.7. The molecular formula is C24H37N5O3S. The van der Waals surface area contributed by atoms with Gasteiger partial charge < -0.3 is 15.5 Å². The van der Waals surface area contributed by atoms with E-state index in [-0.39, 0.29) is 23.9 Å². The lowest BCUT2D eigenvalue weighted by Crippen LogP contribution is -2.40. The third-order valence-corrected chi connectivity index (χ3v) is 7.41. The van der Waals surface area contributed by atoms with E-state index >= 15 is 0 Å². The molecule has 8 nitrogen and oxygen atoms in total. The number of hydrogen-bond donors (Lipinski definition) is 2. The first-order valence-electron chi connectivity index (χ1n) is 12.0. The van der Waals surface area contributed by atoms with Gasteiger partial charge in [-0.1, -0.05) is 13.8 Å². The van der Waals surface area contributed by atoms with Gasteiger partial charge in [-0.15, -0.1) is 11.3 Å². The van der Waals surface area contributed by atoms with Crippen LogP contribution in [-0.2, 0) is 16.1 Å². The molecule has 1 aliphatic heterocycles. The summed E-state index contributed by atoms with van der Waals surface area (Å²) in [7, 11) is 0. The van der Waals surface area contributed by atoms with E-state index in [1.54, 1.807) is 0 Å². The van der Waals surface area contributed by atoms with Crippen LogP contribution in [0, 0.1) is 25.7 Å². The fourth-order valence-electron chi connectivity index (χ4n) is 4.66. The van der Waals surface area contributed by atoms with E-state index in [9.17, 15) is 14.4 Å². The molecule has 1 aliphatic rings. The van der Waals surface area contributed by atoms with Crippen LogP contribution in [0.15, 0.2) is 11.1 Å². The van der Waals surface area contributed by atoms with Crippen LogP contribution < -0.4 is 16.2 Å². The Morgan fingerprint density at radius 3 is 2.48 bits per heavy atom. The van der Waals surface area contributed by atoms with Crippen molar-refractivity contribution in [2.24, 2.45) is 11.8 Å². The summed E-state index contributed by atoms with van der Waals surface area (Å²) >= 11 is 1.49. The van der Waals surface area contributed by atoms with Gasteiger partial charge in [0.1, 0.15) is 11.4 Å². The summed E-state index contributed by atoms with van der Waals surface area (Å²) in [5, 5.41) is 6.35. The summed E-state index contributed by atoms with van der Waals surface area (Å²) in [5.41, 5.74) is 0.734. The SMILES string of the molecule is Cc1sc2ncn(CC(=O)NCCCC(=O)NCCCN3C[C@H](C)C[C@@H](C)C3)c(=O)c2c1C. The molecule has 1 fully saturated rings. The van der Waals surface area contributed by atoms with E-state index in [2.05, 4.69) is 34.4 Å². The normalized spacial score (nSPS) is 19.0. The Kier molecular flexibility index (Phi) is 9.02. The summed E-state index contributed by atoms with van der Waals surface area (Å²) in [6.07, 6.45) is 4.63. The highest BCUT2D eigenvalue weighted by atomic mass is 32.1. The first kappa shape index (κ1) is 25.4. The Morgan fingerprint density at radius 2 is 1.76 bits per heavy atom. The van der Waals surface area contributed by atoms with Crippen molar-refractivity contribution in [2.45, 2.75) is 59.9 Å². The average molecular weight is 476 g/mol. The Bertz CT molecular complexity index is 1020. The third-order valence-electron chi connectivity index (χ3n) is 6.29. The monoisotopic (exact) mass is 475 g/mol. The van der Waals surface area contributed by atoms with Gasteiger partial charge >= 0.3 is 0 Å². The van der Waals surface area contributed by atoms with Crippen molar-refractivity contribution >= 4 is 33.4 Å². The highest BCUT2D eigenvalue weighted by Crippen LogP contribution is 2.25. The van der Waals surface area contributed by atoms with Gasteiger partial charge in [0, 0.05) is 37.5 Å². The first-order valence-corrected chi connectivity index (χ1v) is 12.8. The summed E-state index contributed by atoms with van der Waals surface area (Å²) in [6.45, 7) is 12.8. The quantitative estimate of drug-likeness (QED) is 0.515. The fraction of sp³-hybridized carbons (Fsp3) is 0.667. The van der Waals surface area contributed by atoms with Gasteiger partial charge in [-0.2, -0.15) is 0 Å². The minimum absolute atomic E-state index is 0.0128. The number of rotatable bonds is 10. The van der Waals surface area contributed by atoms with Crippen LogP contribution in [0.5, 0.6) is 0 Å². The highest BCUT2D eigenvalue weighted by molar-refractivity contribution is 7.18. The number of carbonyl (C=O) groups is 2. The van der Waals surface area contributed by atoms with E-state index in [1.807, 2.05) is 13.8 Å². The molecule has 0 aliphatic carbocycles. The molecule has 182 valence electrons. The van der Waals surface area contributed by atoms with Crippen LogP contribution in [0.25, 0.3) is 10.2 Å². The number of amides is 2. The van der Waals surface area contributed by atoms with Crippen molar-refractivity contribution in [2.75, 3.05) is 32.7 Å². The number of piperidine rings is 1. The first-order chi connectivity index (χ1) is 15.7. The van der Waals surface area contributed by atoms with Crippen LogP contribution in [0.4, 0.5) is 0 Å². The van der Waals surface area contributed by atoms with Gasteiger partial charge in [-0.3, -0.25) is 19.0 Å². The van der Waals surface area contributed by atoms with Crippen LogP contribution in [-0.4, -0.2) is 59.0 Å². The van der Waals surface area contributed by atoms with Gasteiger partial charge in [-0.05, 0) is 57.1 Å². The number of likely N-dealkylation sites (tertiary alicyclic amines) is 1. The summed E-state index contributed by atoms with van der Waals surface area (Å²) < 4.78 is 1.34. The zero-order valence-corrected chi connectivity index (χ0v) is 21.1. The number of aromatic nitrogens is 2. The molecule has 1 saturated heterocycles. The van der Waals surface area contributed by atoms with Crippen molar-refractivity contribution < 1.29 is 9.59 Å². The molecule has 2 aromatic rings. The van der Waals surface area contributed by atoms with Crippen molar-refractivity contribution in [1.29, 1.82) is 0 Å². The molecule has 0 bridgehead atoms. The molecule has 0 spiro atoms. The van der Waals surface area contributed by atoms with Crippen LogP contribution in [0.1, 0.15) is 50.0 Å². The standard InChI is InChI=1S/C24H37N5O3S/c1-16-11-17(2)13-28(12-16)10-6-9-25-20(30)7-5-8-26-21(31)14-29-15-27-23-22(24(29)32)18(3)19(4)33-23/h15-17H,5-14H2,1-4H3,(H,25,30)(H,26,31)/t16-,17-/m1/s1. The number of aryl methyl sites for hydroxylation is 2. The topological polar surface area (TPSA) is 96.3 Å². The van der Waals surface area contributed by atoms with Gasteiger partial charge in [0.05, 0.1) is 11.7 Å². The molecule has 3 heterocycles. The maximum Gasteiger partial charge on any atom is 0.262 e. The number of hydrogen-bond acceptors (Lipinski definition) is 6. The van der Waals surface area contributed by atoms with Crippen molar-refractivity contribution in [3.05, 3.63) is 27.1 Å². The fourth-order valence-corrected chi connectivity index (χ4v) is 5.65. The largest absolute Gasteiger partial charge is 0.356 e. The molecule has 33 heavy (non-hydrogen) atoms. The molecule has 2 N–H and O–H groups in total. The summed E-state index contributed by atoms with van der Waals surface area (Å²) in [6, 6.07) is 0. The highest BCUT2D eigenvalue weighted by Gasteiger charge is 2.21. The smallest absolute Gasteiger partial charge is 0.262 e. The van der Waals surface area contributed by atoms with E-state index in [0.717, 1.165) is 48.3 Å². The summed E-state index contributed by atoms with van der Waals surface area (Å²) in [4.78, 5) is 45.5. The Balaban J connectivity index is 1.31. The van der Waals surface area contributed by atoms with E-state index < -0.39 is 0 Å². The Hall–Kier alpha value is -2.26. The van der Waals surface area contributed by atoms with Crippen molar-refractivity contribution in [3.63, 3.8) is 0 Å². The molecule has 3 rings (SSSR count). The maximum absolute atomic E-state index is 12.7. The van der Waals surface area contributed by atoms with Crippen LogP contribution >= 0.6 is 11.3 Å². The summed E-state index contributed by atoms with van der Waals surface area (Å²) in [5.74, 6) is 1.26. The molecule has 9 heteroatoms. The second-order valence-electron chi connectivity index (χ2n) is 9.50. The van der Waals surface area contributed by atoms with E-state index in [0.29, 0.717) is 36.1 Å². The Labute approximate surface area is 199 Å². The number of nitrogens with zero attached hydrogens (tertiary/aromatic N) is 3. The predicted octanol–water partition coefficient (Wildman–Crippen LogP) is 2.46. The zero-order chi connectivity index (χ0) is 24.0. The molecule has 0 radical (unpaired) electrons. The number of carbonyl (C=O) groups excluding carboxylic acids is 2. The van der Waals surface area contributed by atoms with E-state index in [4.69, 9.17) is 0 Å². The van der Waals surface area contributed by atoms with Crippen LogP contribution in [0.3, 0.4) is 0 Å². The molecule has 2 amide bonds. The lowest BCUT2D eigenvalue weighted by Gasteiger charge is -2.34. The second kappa shape index (κ2) is 11.7. The molecule has 0 aromatic carbocycles. The van der Waals surface area contributed by atoms with Gasteiger partial charge in [0.15, 0.2) is 0 Å². The lowest BCUT2D eigenvalue weighted by molar-refractivity contribution is -0.123. The van der Waals surface area contributed by atoms with Gasteiger partial charge in [0.25, 0.3) is 5.56 Å². The third kappa shape index (κ3) is 7.11. The van der Waals surface area contributed by atoms with Gasteiger partial charge in [0.2, 0.25) is 11.8 Å². The minimum atomic E-state index is -0.256. The zero-order valence-electron chi connectivity index (χ0n) is 20.3. The van der Waals surface area contributed by atoms with Gasteiger partial charge in [-0.25, -0.2) is 4.98 Å². The predicted molar refractivity (Wildman–Crippen MR) is 133 cm³/mol. The molecule has 2 atom stereocenters. The lowest BCUT2D eigenvalue weighted by atomic mass is 9.92.